The SMILES string of the molecule is c1ccc2c(c1)c(-c1cc3c4ccccc4c4ccccc4c3c3ccccc13)cc1c3ccccc3c(-c3cc4c5ccccc5c5ccccc5c4c4ccccc34)cc21. The Labute approximate surface area is 357 Å². The fraction of sp³-hybridized carbons (Fsp3) is 0. The maximum absolute atomic E-state index is 2.50. The molecule has 0 unspecified atom stereocenters. The molecule has 0 aliphatic carbocycles. The minimum Gasteiger partial charge on any atom is -0.0616 e. The van der Waals surface area contributed by atoms with Crippen LogP contribution in [0.15, 0.2) is 218 Å². The van der Waals surface area contributed by atoms with Crippen molar-refractivity contribution in [3.63, 3.8) is 0 Å². The van der Waals surface area contributed by atoms with Crippen molar-refractivity contribution < 1.29 is 0 Å². The number of hydrogen-bond donors (Lipinski definition) is 0. The highest BCUT2D eigenvalue weighted by atomic mass is 14.2. The Morgan fingerprint density at radius 2 is 0.290 bits per heavy atom. The van der Waals surface area contributed by atoms with Crippen LogP contribution >= 0.6 is 0 Å². The van der Waals surface area contributed by atoms with Gasteiger partial charge in [-0.2, -0.15) is 0 Å². The summed E-state index contributed by atoms with van der Waals surface area (Å²) in [5.74, 6) is 0. The number of hydrogen-bond acceptors (Lipinski definition) is 0. The predicted octanol–water partition coefficient (Wildman–Crippen LogP) is 17.7. The van der Waals surface area contributed by atoms with Crippen molar-refractivity contribution in [2.45, 2.75) is 0 Å². The van der Waals surface area contributed by atoms with Crippen molar-refractivity contribution in [3.05, 3.63) is 218 Å². The molecule has 0 aromatic heterocycles. The van der Waals surface area contributed by atoms with Crippen LogP contribution in [0.1, 0.15) is 0 Å². The minimum atomic E-state index is 1.26. The van der Waals surface area contributed by atoms with Crippen molar-refractivity contribution in [2.75, 3.05) is 0 Å². The summed E-state index contributed by atoms with van der Waals surface area (Å²) in [6.45, 7) is 0. The van der Waals surface area contributed by atoms with E-state index in [9.17, 15) is 0 Å². The van der Waals surface area contributed by atoms with Crippen molar-refractivity contribution in [1.82, 2.24) is 0 Å². The molecule has 0 fully saturated rings. The molecule has 0 N–H and O–H groups in total. The van der Waals surface area contributed by atoms with Gasteiger partial charge in [0.2, 0.25) is 0 Å². The Morgan fingerprint density at radius 3 is 0.581 bits per heavy atom. The van der Waals surface area contributed by atoms with E-state index in [2.05, 4.69) is 218 Å². The zero-order valence-corrected chi connectivity index (χ0v) is 33.8. The molecule has 62 heavy (non-hydrogen) atoms. The van der Waals surface area contributed by atoms with Gasteiger partial charge in [0.15, 0.2) is 0 Å². The molecule has 0 heteroatoms. The Kier molecular flexibility index (Phi) is 6.92. The average molecular weight is 781 g/mol. The van der Waals surface area contributed by atoms with Crippen LogP contribution < -0.4 is 0 Å². The Morgan fingerprint density at radius 1 is 0.129 bits per heavy atom. The number of benzene rings is 14. The van der Waals surface area contributed by atoms with Gasteiger partial charge < -0.3 is 0 Å². The molecule has 0 atom stereocenters. The monoisotopic (exact) mass is 780 g/mol. The van der Waals surface area contributed by atoms with Crippen LogP contribution in [-0.2, 0) is 0 Å². The second-order valence-electron chi connectivity index (χ2n) is 17.0. The van der Waals surface area contributed by atoms with Crippen LogP contribution in [0.25, 0.3) is 141 Å². The Hall–Kier alpha value is -8.06. The molecule has 14 rings (SSSR count). The first-order valence-electron chi connectivity index (χ1n) is 21.7. The van der Waals surface area contributed by atoms with E-state index < -0.39 is 0 Å². The second kappa shape index (κ2) is 12.7. The average Bonchev–Trinajstić information content (AvgIpc) is 3.35. The molecule has 0 aliphatic heterocycles. The van der Waals surface area contributed by atoms with Gasteiger partial charge in [0.25, 0.3) is 0 Å². The molecule has 0 spiro atoms. The summed E-state index contributed by atoms with van der Waals surface area (Å²) in [5, 5.41) is 28.3. The summed E-state index contributed by atoms with van der Waals surface area (Å²) < 4.78 is 0. The van der Waals surface area contributed by atoms with E-state index in [-0.39, 0.29) is 0 Å². The van der Waals surface area contributed by atoms with Gasteiger partial charge in [0, 0.05) is 0 Å². The third-order valence-corrected chi connectivity index (χ3v) is 14.0. The Bertz CT molecular complexity index is 3990. The fourth-order valence-electron chi connectivity index (χ4n) is 11.4. The molecule has 0 amide bonds. The highest BCUT2D eigenvalue weighted by molar-refractivity contribution is 6.36. The van der Waals surface area contributed by atoms with Gasteiger partial charge in [0.05, 0.1) is 0 Å². The lowest BCUT2D eigenvalue weighted by molar-refractivity contribution is 1.72. The van der Waals surface area contributed by atoms with E-state index in [0.29, 0.717) is 0 Å². The molecule has 0 bridgehead atoms. The van der Waals surface area contributed by atoms with E-state index in [0.717, 1.165) is 0 Å². The first-order valence-corrected chi connectivity index (χ1v) is 21.7. The largest absolute Gasteiger partial charge is 0.0616 e. The van der Waals surface area contributed by atoms with Gasteiger partial charge in [-0.1, -0.05) is 194 Å². The maximum atomic E-state index is 2.50. The van der Waals surface area contributed by atoms with Crippen LogP contribution in [0, 0.1) is 0 Å². The normalized spacial score (nSPS) is 12.2. The van der Waals surface area contributed by atoms with Gasteiger partial charge in [-0.25, -0.2) is 0 Å². The molecule has 0 radical (unpaired) electrons. The first-order chi connectivity index (χ1) is 30.8. The molecule has 0 heterocycles. The second-order valence-corrected chi connectivity index (χ2v) is 17.0. The van der Waals surface area contributed by atoms with E-state index in [1.54, 1.807) is 0 Å². The number of fused-ring (bicyclic) bond motifs is 21. The summed E-state index contributed by atoms with van der Waals surface area (Å²) in [5.41, 5.74) is 5.05. The zero-order chi connectivity index (χ0) is 40.5. The third kappa shape index (κ3) is 4.56. The molecule has 0 nitrogen and oxygen atoms in total. The molecular formula is C62H36. The molecule has 14 aromatic carbocycles. The molecule has 0 aliphatic rings. The summed E-state index contributed by atoms with van der Waals surface area (Å²) in [4.78, 5) is 0. The minimum absolute atomic E-state index is 1.26. The summed E-state index contributed by atoms with van der Waals surface area (Å²) in [7, 11) is 0. The Balaban J connectivity index is 1.12. The van der Waals surface area contributed by atoms with E-state index in [1.165, 1.54) is 141 Å². The zero-order valence-electron chi connectivity index (χ0n) is 33.8. The van der Waals surface area contributed by atoms with Crippen LogP contribution in [0.4, 0.5) is 0 Å². The molecule has 0 saturated carbocycles. The first kappa shape index (κ1) is 33.7. The van der Waals surface area contributed by atoms with E-state index >= 15 is 0 Å². The molecular weight excluding hydrogens is 745 g/mol. The standard InChI is InChI=1S/C62H36/c1-7-25-45-37(17-1)39-19-9-13-29-49(39)61-51-31-15-11-27-47(51)57(35-59(45)61)55-33-53-42-22-4-6-24-44(42)56(34-54(53)41-21-3-5-23-43(41)55)58-36-60-46-26-8-2-18-38(46)40-20-10-14-30-50(40)62(60)52-32-16-12-28-48(52)58/h1-36H. The van der Waals surface area contributed by atoms with Gasteiger partial charge in [-0.15, -0.1) is 0 Å². The van der Waals surface area contributed by atoms with Gasteiger partial charge in [-0.3, -0.25) is 0 Å². The summed E-state index contributed by atoms with van der Waals surface area (Å²) >= 11 is 0. The van der Waals surface area contributed by atoms with Crippen LogP contribution in [-0.4, -0.2) is 0 Å². The van der Waals surface area contributed by atoms with Crippen molar-refractivity contribution >= 4 is 118 Å². The van der Waals surface area contributed by atoms with Crippen molar-refractivity contribution in [1.29, 1.82) is 0 Å². The molecule has 284 valence electrons. The summed E-state index contributed by atoms with van der Waals surface area (Å²) in [6.07, 6.45) is 0. The highest BCUT2D eigenvalue weighted by Crippen LogP contribution is 2.49. The summed E-state index contributed by atoms with van der Waals surface area (Å²) in [6, 6.07) is 82.0. The van der Waals surface area contributed by atoms with Crippen LogP contribution in [0.2, 0.25) is 0 Å². The van der Waals surface area contributed by atoms with Gasteiger partial charge in [0.1, 0.15) is 0 Å². The van der Waals surface area contributed by atoms with Gasteiger partial charge in [-0.05, 0) is 165 Å². The van der Waals surface area contributed by atoms with Crippen molar-refractivity contribution in [3.8, 4) is 22.3 Å². The lowest BCUT2D eigenvalue weighted by Gasteiger charge is -2.20. The van der Waals surface area contributed by atoms with Gasteiger partial charge >= 0.3 is 0 Å². The molecule has 0 saturated heterocycles. The van der Waals surface area contributed by atoms with E-state index in [1.807, 2.05) is 0 Å². The highest BCUT2D eigenvalue weighted by Gasteiger charge is 2.21. The fourth-order valence-corrected chi connectivity index (χ4v) is 11.4. The van der Waals surface area contributed by atoms with Crippen molar-refractivity contribution in [2.24, 2.45) is 0 Å². The lowest BCUT2D eigenvalue weighted by Crippen LogP contribution is -1.92. The predicted molar refractivity (Wildman–Crippen MR) is 270 cm³/mol. The lowest BCUT2D eigenvalue weighted by atomic mass is 9.83. The smallest absolute Gasteiger partial charge is 0.00199 e. The molecule has 14 aromatic rings. The van der Waals surface area contributed by atoms with Crippen LogP contribution in [0.5, 0.6) is 0 Å². The quantitative estimate of drug-likeness (QED) is 0.153. The maximum Gasteiger partial charge on any atom is -0.00199 e. The topological polar surface area (TPSA) is 0 Å². The third-order valence-electron chi connectivity index (χ3n) is 14.0. The van der Waals surface area contributed by atoms with Crippen LogP contribution in [0.3, 0.4) is 0 Å². The number of rotatable bonds is 2. The van der Waals surface area contributed by atoms with E-state index in [4.69, 9.17) is 0 Å².